The average molecular weight is 436 g/mol. The van der Waals surface area contributed by atoms with Gasteiger partial charge in [0.1, 0.15) is 0 Å². The number of hydrogen-bond donors (Lipinski definition) is 0. The predicted octanol–water partition coefficient (Wildman–Crippen LogP) is 3.17. The van der Waals surface area contributed by atoms with Crippen molar-refractivity contribution < 1.29 is 14.3 Å². The molecule has 1 unspecified atom stereocenters. The summed E-state index contributed by atoms with van der Waals surface area (Å²) >= 11 is 0. The quantitative estimate of drug-likeness (QED) is 0.639. The first kappa shape index (κ1) is 22.5. The predicted molar refractivity (Wildman–Crippen MR) is 124 cm³/mol. The van der Waals surface area contributed by atoms with Gasteiger partial charge in [-0.1, -0.05) is 42.5 Å². The Bertz CT molecular complexity index is 894. The van der Waals surface area contributed by atoms with Crippen molar-refractivity contribution in [2.24, 2.45) is 0 Å². The fourth-order valence-corrected chi connectivity index (χ4v) is 4.47. The minimum Gasteiger partial charge on any atom is -0.379 e. The van der Waals surface area contributed by atoms with E-state index in [2.05, 4.69) is 24.0 Å². The average Bonchev–Trinajstić information content (AvgIpc) is 3.23. The Kier molecular flexibility index (Phi) is 7.55. The van der Waals surface area contributed by atoms with Crippen molar-refractivity contribution in [1.29, 1.82) is 0 Å². The number of nitrogens with zero attached hydrogens (tertiary/aromatic N) is 3. The summed E-state index contributed by atoms with van der Waals surface area (Å²) in [4.78, 5) is 31.7. The van der Waals surface area contributed by atoms with E-state index in [0.29, 0.717) is 25.1 Å². The monoisotopic (exact) mass is 435 g/mol. The molecule has 2 fully saturated rings. The minimum atomic E-state index is 0.0402. The summed E-state index contributed by atoms with van der Waals surface area (Å²) in [6.07, 6.45) is 1.58. The summed E-state index contributed by atoms with van der Waals surface area (Å²) in [5.74, 6) is 0.259. The lowest BCUT2D eigenvalue weighted by atomic mass is 10.1. The fraction of sp³-hybridized carbons (Fsp3) is 0.462. The van der Waals surface area contributed by atoms with Crippen LogP contribution in [0.15, 0.2) is 54.6 Å². The number of hydrogen-bond acceptors (Lipinski definition) is 4. The van der Waals surface area contributed by atoms with Crippen LogP contribution < -0.4 is 0 Å². The van der Waals surface area contributed by atoms with Gasteiger partial charge in [-0.05, 0) is 36.6 Å². The van der Waals surface area contributed by atoms with Crippen LogP contribution >= 0.6 is 0 Å². The molecule has 170 valence electrons. The maximum Gasteiger partial charge on any atom is 0.254 e. The van der Waals surface area contributed by atoms with E-state index in [-0.39, 0.29) is 17.9 Å². The normalized spacial score (nSPS) is 18.0. The number of likely N-dealkylation sites (tertiary alicyclic amines) is 1. The van der Waals surface area contributed by atoms with Crippen LogP contribution in [0.5, 0.6) is 0 Å². The number of carbonyl (C=O) groups is 2. The van der Waals surface area contributed by atoms with Crippen molar-refractivity contribution in [1.82, 2.24) is 14.7 Å². The lowest BCUT2D eigenvalue weighted by molar-refractivity contribution is -0.128. The van der Waals surface area contributed by atoms with Crippen LogP contribution in [0.1, 0.15) is 41.3 Å². The highest BCUT2D eigenvalue weighted by Gasteiger charge is 2.25. The van der Waals surface area contributed by atoms with Crippen LogP contribution in [0.4, 0.5) is 0 Å². The lowest BCUT2D eigenvalue weighted by Gasteiger charge is -2.35. The molecule has 0 saturated carbocycles. The Morgan fingerprint density at radius 3 is 2.38 bits per heavy atom. The second kappa shape index (κ2) is 10.7. The smallest absolute Gasteiger partial charge is 0.254 e. The van der Waals surface area contributed by atoms with Gasteiger partial charge in [-0.2, -0.15) is 0 Å². The number of amides is 2. The van der Waals surface area contributed by atoms with Gasteiger partial charge >= 0.3 is 0 Å². The molecule has 2 aliphatic rings. The number of benzene rings is 2. The third-order valence-corrected chi connectivity index (χ3v) is 6.36. The molecule has 2 heterocycles. The molecule has 2 saturated heterocycles. The van der Waals surface area contributed by atoms with Crippen LogP contribution in [0.25, 0.3) is 0 Å². The summed E-state index contributed by atoms with van der Waals surface area (Å²) in [6.45, 7) is 8.29. The van der Waals surface area contributed by atoms with Crippen molar-refractivity contribution in [2.75, 3.05) is 39.4 Å². The van der Waals surface area contributed by atoms with E-state index in [4.69, 9.17) is 4.74 Å². The molecule has 1 atom stereocenters. The van der Waals surface area contributed by atoms with Gasteiger partial charge in [-0.25, -0.2) is 0 Å². The Morgan fingerprint density at radius 2 is 1.72 bits per heavy atom. The molecule has 0 aromatic heterocycles. The first-order valence-corrected chi connectivity index (χ1v) is 11.6. The van der Waals surface area contributed by atoms with E-state index >= 15 is 0 Å². The zero-order valence-corrected chi connectivity index (χ0v) is 18.9. The molecule has 0 bridgehead atoms. The van der Waals surface area contributed by atoms with Gasteiger partial charge in [0.2, 0.25) is 5.91 Å². The van der Waals surface area contributed by atoms with Crippen LogP contribution in [0.3, 0.4) is 0 Å². The highest BCUT2D eigenvalue weighted by Crippen LogP contribution is 2.18. The van der Waals surface area contributed by atoms with E-state index in [9.17, 15) is 9.59 Å². The molecule has 6 nitrogen and oxygen atoms in total. The van der Waals surface area contributed by atoms with E-state index < -0.39 is 0 Å². The maximum atomic E-state index is 13.6. The summed E-state index contributed by atoms with van der Waals surface area (Å²) < 4.78 is 5.47. The largest absolute Gasteiger partial charge is 0.379 e. The summed E-state index contributed by atoms with van der Waals surface area (Å²) in [6, 6.07) is 18.0. The molecule has 32 heavy (non-hydrogen) atoms. The van der Waals surface area contributed by atoms with Crippen LogP contribution in [0, 0.1) is 0 Å². The van der Waals surface area contributed by atoms with Gasteiger partial charge < -0.3 is 14.5 Å². The van der Waals surface area contributed by atoms with Crippen LogP contribution in [0.2, 0.25) is 0 Å². The van der Waals surface area contributed by atoms with Gasteiger partial charge in [0, 0.05) is 57.3 Å². The molecule has 2 amide bonds. The lowest BCUT2D eigenvalue weighted by Crippen LogP contribution is -2.48. The second-order valence-corrected chi connectivity index (χ2v) is 8.80. The topological polar surface area (TPSA) is 53.1 Å². The Hall–Kier alpha value is -2.70. The summed E-state index contributed by atoms with van der Waals surface area (Å²) in [5.41, 5.74) is 2.87. The molecule has 0 N–H and O–H groups in total. The number of morpholine rings is 1. The van der Waals surface area contributed by atoms with Crippen LogP contribution in [-0.2, 0) is 22.6 Å². The van der Waals surface area contributed by atoms with Gasteiger partial charge in [0.05, 0.1) is 13.2 Å². The highest BCUT2D eigenvalue weighted by molar-refractivity contribution is 5.94. The standard InChI is InChI=1S/C26H33N3O3/c1-21(18-27-14-16-32-17-15-27)29(20-22-6-3-2-4-7-22)26(31)24-11-9-23(10-12-24)19-28-13-5-8-25(28)30/h2-4,6-7,9-12,21H,5,8,13-20H2,1H3. The first-order chi connectivity index (χ1) is 15.6. The molecular weight excluding hydrogens is 402 g/mol. The molecule has 0 spiro atoms. The molecule has 0 radical (unpaired) electrons. The van der Waals surface area contributed by atoms with E-state index in [1.54, 1.807) is 0 Å². The number of ether oxygens (including phenoxy) is 1. The molecule has 6 heteroatoms. The fourth-order valence-electron chi connectivity index (χ4n) is 4.47. The molecule has 0 aliphatic carbocycles. The van der Waals surface area contributed by atoms with Crippen molar-refractivity contribution in [3.8, 4) is 0 Å². The zero-order valence-electron chi connectivity index (χ0n) is 18.9. The molecule has 4 rings (SSSR count). The zero-order chi connectivity index (χ0) is 22.3. The van der Waals surface area contributed by atoms with Crippen molar-refractivity contribution in [3.05, 3.63) is 71.3 Å². The Labute approximate surface area is 190 Å². The van der Waals surface area contributed by atoms with E-state index in [1.807, 2.05) is 52.3 Å². The summed E-state index contributed by atoms with van der Waals surface area (Å²) in [7, 11) is 0. The first-order valence-electron chi connectivity index (χ1n) is 11.6. The SMILES string of the molecule is CC(CN1CCOCC1)N(Cc1ccccc1)C(=O)c1ccc(CN2CCCC2=O)cc1. The molecular formula is C26H33N3O3. The second-order valence-electron chi connectivity index (χ2n) is 8.80. The van der Waals surface area contributed by atoms with Gasteiger partial charge in [0.15, 0.2) is 0 Å². The van der Waals surface area contributed by atoms with Gasteiger partial charge in [0.25, 0.3) is 5.91 Å². The van der Waals surface area contributed by atoms with Crippen molar-refractivity contribution in [3.63, 3.8) is 0 Å². The highest BCUT2D eigenvalue weighted by atomic mass is 16.5. The van der Waals surface area contributed by atoms with Gasteiger partial charge in [-0.15, -0.1) is 0 Å². The Balaban J connectivity index is 1.47. The Morgan fingerprint density at radius 1 is 1.00 bits per heavy atom. The van der Waals surface area contributed by atoms with E-state index in [1.165, 1.54) is 0 Å². The van der Waals surface area contributed by atoms with Crippen molar-refractivity contribution >= 4 is 11.8 Å². The van der Waals surface area contributed by atoms with Gasteiger partial charge in [-0.3, -0.25) is 14.5 Å². The van der Waals surface area contributed by atoms with E-state index in [0.717, 1.165) is 56.9 Å². The third kappa shape index (κ3) is 5.75. The molecule has 2 aliphatic heterocycles. The number of rotatable bonds is 8. The van der Waals surface area contributed by atoms with Crippen LogP contribution in [-0.4, -0.2) is 71.9 Å². The third-order valence-electron chi connectivity index (χ3n) is 6.36. The molecule has 2 aromatic rings. The number of carbonyl (C=O) groups excluding carboxylic acids is 2. The van der Waals surface area contributed by atoms with Crippen molar-refractivity contribution in [2.45, 2.75) is 38.9 Å². The minimum absolute atomic E-state index is 0.0402. The molecule has 2 aromatic carbocycles. The summed E-state index contributed by atoms with van der Waals surface area (Å²) in [5, 5.41) is 0. The maximum absolute atomic E-state index is 13.6.